The summed E-state index contributed by atoms with van der Waals surface area (Å²) in [6, 6.07) is 0. The van der Waals surface area contributed by atoms with Gasteiger partial charge in [-0.1, -0.05) is 13.8 Å². The summed E-state index contributed by atoms with van der Waals surface area (Å²) >= 11 is 0. The molecule has 2 atom stereocenters. The third kappa shape index (κ3) is 5.36. The van der Waals surface area contributed by atoms with Gasteiger partial charge in [0.2, 0.25) is 5.91 Å². The summed E-state index contributed by atoms with van der Waals surface area (Å²) in [6.07, 6.45) is 3.56. The highest BCUT2D eigenvalue weighted by Crippen LogP contribution is 2.20. The molecular formula is C14H28N2O2. The summed E-state index contributed by atoms with van der Waals surface area (Å²) < 4.78 is 5.44. The number of hydrogen-bond acceptors (Lipinski definition) is 3. The van der Waals surface area contributed by atoms with Gasteiger partial charge in [0, 0.05) is 13.0 Å². The molecule has 0 aromatic heterocycles. The Hall–Kier alpha value is -0.610. The van der Waals surface area contributed by atoms with Crippen LogP contribution in [0, 0.1) is 11.8 Å². The van der Waals surface area contributed by atoms with Crippen molar-refractivity contribution in [2.45, 2.75) is 52.0 Å². The number of carbonyl (C=O) groups excluding carboxylic acids is 1. The standard InChI is InChI=1S/C14H28N2O2/c1-11(2)7-12(9-15)8-13(17)16-14(3)5-4-6-18-10-14/h11-12H,4-10,15H2,1-3H3,(H,16,17). The molecule has 0 radical (unpaired) electrons. The fraction of sp³-hybridized carbons (Fsp3) is 0.929. The number of carbonyl (C=O) groups is 1. The Balaban J connectivity index is 2.39. The van der Waals surface area contributed by atoms with Crippen molar-refractivity contribution in [3.8, 4) is 0 Å². The zero-order valence-corrected chi connectivity index (χ0v) is 12.0. The first-order valence-corrected chi connectivity index (χ1v) is 7.04. The van der Waals surface area contributed by atoms with Crippen LogP contribution in [0.3, 0.4) is 0 Å². The van der Waals surface area contributed by atoms with E-state index < -0.39 is 0 Å². The normalized spacial score (nSPS) is 26.1. The summed E-state index contributed by atoms with van der Waals surface area (Å²) in [4.78, 5) is 12.0. The fourth-order valence-electron chi connectivity index (χ4n) is 2.61. The predicted octanol–water partition coefficient (Wildman–Crippen LogP) is 1.68. The number of amides is 1. The van der Waals surface area contributed by atoms with Gasteiger partial charge in [-0.2, -0.15) is 0 Å². The van der Waals surface area contributed by atoms with Gasteiger partial charge in [0.05, 0.1) is 12.1 Å². The second kappa shape index (κ2) is 7.10. The first kappa shape index (κ1) is 15.4. The van der Waals surface area contributed by atoms with Gasteiger partial charge in [0.15, 0.2) is 0 Å². The Morgan fingerprint density at radius 2 is 2.22 bits per heavy atom. The van der Waals surface area contributed by atoms with Crippen LogP contribution in [-0.2, 0) is 9.53 Å². The summed E-state index contributed by atoms with van der Waals surface area (Å²) in [5.74, 6) is 0.983. The van der Waals surface area contributed by atoms with Crippen LogP contribution in [0.1, 0.15) is 46.5 Å². The number of nitrogens with two attached hydrogens (primary N) is 1. The molecule has 4 nitrogen and oxygen atoms in total. The molecule has 1 fully saturated rings. The first-order chi connectivity index (χ1) is 8.45. The van der Waals surface area contributed by atoms with E-state index in [1.807, 2.05) is 0 Å². The van der Waals surface area contributed by atoms with Gasteiger partial charge in [-0.3, -0.25) is 4.79 Å². The molecule has 1 aliphatic heterocycles. The van der Waals surface area contributed by atoms with Crippen LogP contribution in [0.15, 0.2) is 0 Å². The van der Waals surface area contributed by atoms with Gasteiger partial charge < -0.3 is 15.8 Å². The maximum Gasteiger partial charge on any atom is 0.220 e. The van der Waals surface area contributed by atoms with Gasteiger partial charge in [0.25, 0.3) is 0 Å². The van der Waals surface area contributed by atoms with Gasteiger partial charge >= 0.3 is 0 Å². The molecule has 1 rings (SSSR count). The van der Waals surface area contributed by atoms with Crippen molar-refractivity contribution >= 4 is 5.91 Å². The average molecular weight is 256 g/mol. The Morgan fingerprint density at radius 1 is 1.50 bits per heavy atom. The van der Waals surface area contributed by atoms with Crippen molar-refractivity contribution < 1.29 is 9.53 Å². The molecule has 1 heterocycles. The van der Waals surface area contributed by atoms with Gasteiger partial charge in [-0.15, -0.1) is 0 Å². The monoisotopic (exact) mass is 256 g/mol. The summed E-state index contributed by atoms with van der Waals surface area (Å²) in [7, 11) is 0. The molecule has 1 amide bonds. The van der Waals surface area contributed by atoms with Crippen LogP contribution in [0.2, 0.25) is 0 Å². The second-order valence-electron chi connectivity index (χ2n) is 6.20. The zero-order chi connectivity index (χ0) is 13.6. The quantitative estimate of drug-likeness (QED) is 0.760. The van der Waals surface area contributed by atoms with Crippen molar-refractivity contribution in [1.29, 1.82) is 0 Å². The summed E-state index contributed by atoms with van der Waals surface area (Å²) in [6.45, 7) is 8.40. The maximum absolute atomic E-state index is 12.0. The van der Waals surface area contributed by atoms with Crippen LogP contribution in [0.4, 0.5) is 0 Å². The van der Waals surface area contributed by atoms with Gasteiger partial charge in [0.1, 0.15) is 0 Å². The molecule has 2 unspecified atom stereocenters. The lowest BCUT2D eigenvalue weighted by atomic mass is 9.91. The molecule has 0 spiro atoms. The lowest BCUT2D eigenvalue weighted by Gasteiger charge is -2.34. The van der Waals surface area contributed by atoms with E-state index in [0.29, 0.717) is 25.5 Å². The number of nitrogens with one attached hydrogen (secondary N) is 1. The van der Waals surface area contributed by atoms with E-state index in [1.165, 1.54) is 0 Å². The Kier molecular flexibility index (Phi) is 6.09. The minimum Gasteiger partial charge on any atom is -0.379 e. The van der Waals surface area contributed by atoms with Gasteiger partial charge in [-0.25, -0.2) is 0 Å². The largest absolute Gasteiger partial charge is 0.379 e. The van der Waals surface area contributed by atoms with E-state index in [1.54, 1.807) is 0 Å². The molecule has 1 saturated heterocycles. The Bertz CT molecular complexity index is 261. The van der Waals surface area contributed by atoms with Crippen LogP contribution < -0.4 is 11.1 Å². The van der Waals surface area contributed by atoms with Crippen LogP contribution >= 0.6 is 0 Å². The highest BCUT2D eigenvalue weighted by Gasteiger charge is 2.29. The SMILES string of the molecule is CC(C)CC(CN)CC(=O)NC1(C)CCCOC1. The first-order valence-electron chi connectivity index (χ1n) is 7.04. The highest BCUT2D eigenvalue weighted by molar-refractivity contribution is 5.77. The topological polar surface area (TPSA) is 64.4 Å². The van der Waals surface area contributed by atoms with E-state index in [-0.39, 0.29) is 17.4 Å². The third-order valence-corrected chi connectivity index (χ3v) is 3.49. The number of hydrogen-bond donors (Lipinski definition) is 2. The molecule has 1 aliphatic rings. The zero-order valence-electron chi connectivity index (χ0n) is 12.0. The predicted molar refractivity (Wildman–Crippen MR) is 73.2 cm³/mol. The third-order valence-electron chi connectivity index (χ3n) is 3.49. The lowest BCUT2D eigenvalue weighted by Crippen LogP contribution is -2.52. The van der Waals surface area contributed by atoms with Crippen molar-refractivity contribution in [2.24, 2.45) is 17.6 Å². The minimum atomic E-state index is -0.188. The molecular weight excluding hydrogens is 228 g/mol. The van der Waals surface area contributed by atoms with Crippen molar-refractivity contribution in [2.75, 3.05) is 19.8 Å². The van der Waals surface area contributed by atoms with E-state index in [2.05, 4.69) is 26.1 Å². The summed E-state index contributed by atoms with van der Waals surface area (Å²) in [5, 5.41) is 3.11. The molecule has 0 aromatic carbocycles. The van der Waals surface area contributed by atoms with Crippen LogP contribution in [0.25, 0.3) is 0 Å². The van der Waals surface area contributed by atoms with Crippen LogP contribution in [0.5, 0.6) is 0 Å². The van der Waals surface area contributed by atoms with E-state index in [4.69, 9.17) is 10.5 Å². The van der Waals surface area contributed by atoms with E-state index in [0.717, 1.165) is 25.9 Å². The van der Waals surface area contributed by atoms with Crippen LogP contribution in [-0.4, -0.2) is 31.2 Å². The Labute approximate surface area is 111 Å². The van der Waals surface area contributed by atoms with Gasteiger partial charge in [-0.05, 0) is 44.6 Å². The Morgan fingerprint density at radius 3 is 2.72 bits per heavy atom. The smallest absolute Gasteiger partial charge is 0.220 e. The molecule has 4 heteroatoms. The number of ether oxygens (including phenoxy) is 1. The number of rotatable bonds is 6. The van der Waals surface area contributed by atoms with Crippen molar-refractivity contribution in [3.63, 3.8) is 0 Å². The molecule has 106 valence electrons. The maximum atomic E-state index is 12.0. The second-order valence-corrected chi connectivity index (χ2v) is 6.20. The molecule has 18 heavy (non-hydrogen) atoms. The van der Waals surface area contributed by atoms with Crippen molar-refractivity contribution in [3.05, 3.63) is 0 Å². The highest BCUT2D eigenvalue weighted by atomic mass is 16.5. The molecule has 0 aliphatic carbocycles. The summed E-state index contributed by atoms with van der Waals surface area (Å²) in [5.41, 5.74) is 5.54. The fourth-order valence-corrected chi connectivity index (χ4v) is 2.61. The average Bonchev–Trinajstić information content (AvgIpc) is 2.27. The van der Waals surface area contributed by atoms with E-state index >= 15 is 0 Å². The lowest BCUT2D eigenvalue weighted by molar-refractivity contribution is -0.125. The minimum absolute atomic E-state index is 0.110. The molecule has 0 aromatic rings. The molecule has 0 bridgehead atoms. The van der Waals surface area contributed by atoms with E-state index in [9.17, 15) is 4.79 Å². The molecule has 3 N–H and O–H groups in total. The molecule has 0 saturated carbocycles. The van der Waals surface area contributed by atoms with Crippen molar-refractivity contribution in [1.82, 2.24) is 5.32 Å².